The summed E-state index contributed by atoms with van der Waals surface area (Å²) in [5.41, 5.74) is 11.3. The van der Waals surface area contributed by atoms with Crippen LogP contribution >= 0.6 is 0 Å². The molecule has 1 aliphatic heterocycles. The quantitative estimate of drug-likeness (QED) is 0.230. The number of hydrogen-bond acceptors (Lipinski definition) is 4. The number of nitrogens with one attached hydrogen (secondary N) is 2. The van der Waals surface area contributed by atoms with E-state index >= 15 is 0 Å². The minimum Gasteiger partial charge on any atom is -0.508 e. The summed E-state index contributed by atoms with van der Waals surface area (Å²) in [6, 6.07) is 28.2. The molecule has 7 heteroatoms. The third-order valence-electron chi connectivity index (χ3n) is 7.34. The van der Waals surface area contributed by atoms with Crippen molar-refractivity contribution >= 4 is 22.5 Å². The lowest BCUT2D eigenvalue weighted by atomic mass is 9.97. The van der Waals surface area contributed by atoms with Crippen LogP contribution in [0.25, 0.3) is 22.0 Å². The van der Waals surface area contributed by atoms with Crippen LogP contribution in [0.3, 0.4) is 0 Å². The normalized spacial score (nSPS) is 15.9. The number of para-hydroxylation sites is 2. The number of H-pyrrole nitrogens is 1. The molecule has 0 bridgehead atoms. The summed E-state index contributed by atoms with van der Waals surface area (Å²) in [6.45, 7) is 1.38. The second kappa shape index (κ2) is 10.3. The number of hydrogen-bond donors (Lipinski definition) is 4. The standard InChI is InChI=1S/C32H29FN4O2/c33-22-13-14-29(38)26(18-22)30(28-17-21-9-4-5-12-27(21)35-28)36-32(39)25-11-6-10-24(20-7-2-1-3-8-20)31(25)37-16-15-23(34)19-37/h1-14,17-18,23,30,35,38H,15-16,19,34H2,(H,36,39)/t23-,30+/m0/s1. The molecule has 2 heterocycles. The Labute approximate surface area is 225 Å². The van der Waals surface area contributed by atoms with Gasteiger partial charge in [0.1, 0.15) is 11.6 Å². The molecule has 1 aliphatic rings. The van der Waals surface area contributed by atoms with Gasteiger partial charge in [-0.2, -0.15) is 0 Å². The second-order valence-electron chi connectivity index (χ2n) is 9.98. The van der Waals surface area contributed by atoms with Gasteiger partial charge < -0.3 is 26.0 Å². The van der Waals surface area contributed by atoms with Crippen LogP contribution in [0.2, 0.25) is 0 Å². The van der Waals surface area contributed by atoms with Crippen LogP contribution in [-0.2, 0) is 0 Å². The Hall–Kier alpha value is -4.62. The van der Waals surface area contributed by atoms with Crippen LogP contribution in [0.15, 0.2) is 97.1 Å². The van der Waals surface area contributed by atoms with Crippen LogP contribution in [0.1, 0.15) is 34.1 Å². The van der Waals surface area contributed by atoms with Gasteiger partial charge in [-0.25, -0.2) is 4.39 Å². The maximum absolute atomic E-state index is 14.4. The molecule has 2 atom stereocenters. The topological polar surface area (TPSA) is 94.4 Å². The van der Waals surface area contributed by atoms with Crippen LogP contribution in [-0.4, -0.2) is 35.1 Å². The Morgan fingerprint density at radius 1 is 1.00 bits per heavy atom. The summed E-state index contributed by atoms with van der Waals surface area (Å²) in [4.78, 5) is 19.6. The van der Waals surface area contributed by atoms with E-state index in [1.807, 2.05) is 72.8 Å². The molecule has 0 radical (unpaired) electrons. The number of nitrogens with two attached hydrogens (primary N) is 1. The number of anilines is 1. The molecule has 5 N–H and O–H groups in total. The summed E-state index contributed by atoms with van der Waals surface area (Å²) in [6.07, 6.45) is 0.832. The summed E-state index contributed by atoms with van der Waals surface area (Å²) in [7, 11) is 0. The summed E-state index contributed by atoms with van der Waals surface area (Å²) in [5, 5.41) is 14.8. The van der Waals surface area contributed by atoms with Crippen molar-refractivity contribution in [3.05, 3.63) is 120 Å². The molecule has 0 unspecified atom stereocenters. The highest BCUT2D eigenvalue weighted by atomic mass is 19.1. The van der Waals surface area contributed by atoms with Gasteiger partial charge in [-0.1, -0.05) is 60.7 Å². The summed E-state index contributed by atoms with van der Waals surface area (Å²) < 4.78 is 14.4. The van der Waals surface area contributed by atoms with Gasteiger partial charge in [0.15, 0.2) is 0 Å². The van der Waals surface area contributed by atoms with E-state index in [1.165, 1.54) is 18.2 Å². The number of benzene rings is 4. The number of rotatable bonds is 6. The van der Waals surface area contributed by atoms with Gasteiger partial charge in [-0.05, 0) is 53.8 Å². The highest BCUT2D eigenvalue weighted by Crippen LogP contribution is 2.37. The Morgan fingerprint density at radius 3 is 2.56 bits per heavy atom. The molecule has 39 heavy (non-hydrogen) atoms. The molecule has 1 amide bonds. The zero-order valence-corrected chi connectivity index (χ0v) is 21.3. The van der Waals surface area contributed by atoms with Gasteiger partial charge in [-0.3, -0.25) is 4.79 Å². The number of aromatic nitrogens is 1. The first-order chi connectivity index (χ1) is 19.0. The molecule has 0 aliphatic carbocycles. The second-order valence-corrected chi connectivity index (χ2v) is 9.98. The van der Waals surface area contributed by atoms with Crippen LogP contribution in [0.4, 0.5) is 10.1 Å². The Bertz CT molecular complexity index is 1620. The SMILES string of the molecule is N[C@H]1CCN(c2c(C(=O)N[C@@H](c3cc4ccccc4[nH]3)c3cc(F)ccc3O)cccc2-c2ccccc2)C1. The van der Waals surface area contributed by atoms with Crippen molar-refractivity contribution in [2.24, 2.45) is 5.73 Å². The fourth-order valence-electron chi connectivity index (χ4n) is 5.45. The van der Waals surface area contributed by atoms with Gasteiger partial charge in [0, 0.05) is 41.5 Å². The van der Waals surface area contributed by atoms with Gasteiger partial charge in [0.05, 0.1) is 17.3 Å². The molecular weight excluding hydrogens is 491 g/mol. The minimum atomic E-state index is -0.824. The van der Waals surface area contributed by atoms with Crippen molar-refractivity contribution in [3.8, 4) is 16.9 Å². The predicted octanol–water partition coefficient (Wildman–Crippen LogP) is 5.74. The van der Waals surface area contributed by atoms with E-state index in [-0.39, 0.29) is 23.3 Å². The number of phenolic OH excluding ortho intramolecular Hbond substituents is 1. The maximum Gasteiger partial charge on any atom is 0.254 e. The Morgan fingerprint density at radius 2 is 1.79 bits per heavy atom. The van der Waals surface area contributed by atoms with E-state index < -0.39 is 11.9 Å². The first-order valence-corrected chi connectivity index (χ1v) is 13.0. The lowest BCUT2D eigenvalue weighted by Crippen LogP contribution is -2.33. The first-order valence-electron chi connectivity index (χ1n) is 13.0. The van der Waals surface area contributed by atoms with Crippen molar-refractivity contribution in [2.45, 2.75) is 18.5 Å². The van der Waals surface area contributed by atoms with E-state index in [9.17, 15) is 14.3 Å². The highest BCUT2D eigenvalue weighted by Gasteiger charge is 2.29. The number of aromatic hydroxyl groups is 1. The van der Waals surface area contributed by atoms with Gasteiger partial charge >= 0.3 is 0 Å². The molecule has 196 valence electrons. The smallest absolute Gasteiger partial charge is 0.254 e. The van der Waals surface area contributed by atoms with Gasteiger partial charge in [-0.15, -0.1) is 0 Å². The molecule has 0 spiro atoms. The van der Waals surface area contributed by atoms with E-state index in [2.05, 4.69) is 15.2 Å². The summed E-state index contributed by atoms with van der Waals surface area (Å²) in [5.74, 6) is -0.948. The monoisotopic (exact) mass is 520 g/mol. The average Bonchev–Trinajstić information content (AvgIpc) is 3.59. The molecule has 5 aromatic rings. The van der Waals surface area contributed by atoms with Gasteiger partial charge in [0.2, 0.25) is 0 Å². The third kappa shape index (κ3) is 4.84. The summed E-state index contributed by atoms with van der Waals surface area (Å²) >= 11 is 0. The van der Waals surface area contributed by atoms with Crippen molar-refractivity contribution in [1.29, 1.82) is 0 Å². The van der Waals surface area contributed by atoms with Crippen molar-refractivity contribution < 1.29 is 14.3 Å². The van der Waals surface area contributed by atoms with Crippen LogP contribution < -0.4 is 16.0 Å². The lowest BCUT2D eigenvalue weighted by Gasteiger charge is -2.26. The van der Waals surface area contributed by atoms with Crippen molar-refractivity contribution in [1.82, 2.24) is 10.3 Å². The van der Waals surface area contributed by atoms with Crippen molar-refractivity contribution in [2.75, 3.05) is 18.0 Å². The fourth-order valence-corrected chi connectivity index (χ4v) is 5.45. The molecule has 6 rings (SSSR count). The third-order valence-corrected chi connectivity index (χ3v) is 7.34. The van der Waals surface area contributed by atoms with Crippen LogP contribution in [0.5, 0.6) is 5.75 Å². The molecule has 4 aromatic carbocycles. The maximum atomic E-state index is 14.4. The number of nitrogens with zero attached hydrogens (tertiary/aromatic N) is 1. The number of halogens is 1. The molecule has 1 aromatic heterocycles. The minimum absolute atomic E-state index is 0.0214. The zero-order chi connectivity index (χ0) is 26.9. The number of phenols is 1. The van der Waals surface area contributed by atoms with E-state index in [1.54, 1.807) is 6.07 Å². The van der Waals surface area contributed by atoms with E-state index in [4.69, 9.17) is 5.73 Å². The Kier molecular flexibility index (Phi) is 6.50. The first kappa shape index (κ1) is 24.7. The predicted molar refractivity (Wildman–Crippen MR) is 152 cm³/mol. The lowest BCUT2D eigenvalue weighted by molar-refractivity contribution is 0.0942. The van der Waals surface area contributed by atoms with E-state index in [0.29, 0.717) is 17.8 Å². The number of carbonyl (C=O) groups excluding carboxylic acids is 1. The van der Waals surface area contributed by atoms with Crippen molar-refractivity contribution in [3.63, 3.8) is 0 Å². The number of aromatic amines is 1. The fraction of sp³-hybridized carbons (Fsp3) is 0.156. The van der Waals surface area contributed by atoms with Gasteiger partial charge in [0.25, 0.3) is 5.91 Å². The molecule has 1 saturated heterocycles. The number of amides is 1. The average molecular weight is 521 g/mol. The number of carbonyl (C=O) groups is 1. The van der Waals surface area contributed by atoms with Crippen LogP contribution in [0, 0.1) is 5.82 Å². The Balaban J connectivity index is 1.46. The number of fused-ring (bicyclic) bond motifs is 1. The zero-order valence-electron chi connectivity index (χ0n) is 21.3. The molecule has 6 nitrogen and oxygen atoms in total. The molecular formula is C32H29FN4O2. The van der Waals surface area contributed by atoms with E-state index in [0.717, 1.165) is 40.7 Å². The molecule has 1 fully saturated rings. The largest absolute Gasteiger partial charge is 0.508 e. The molecule has 0 saturated carbocycles. The highest BCUT2D eigenvalue weighted by molar-refractivity contribution is 6.04.